The van der Waals surface area contributed by atoms with E-state index in [1.165, 1.54) is 13.0 Å². The fourth-order valence-electron chi connectivity index (χ4n) is 2.01. The van der Waals surface area contributed by atoms with Gasteiger partial charge in [0.25, 0.3) is 0 Å². The number of hydrogen-bond donors (Lipinski definition) is 1. The van der Waals surface area contributed by atoms with Gasteiger partial charge in [-0.25, -0.2) is 8.78 Å². The summed E-state index contributed by atoms with van der Waals surface area (Å²) in [7, 11) is 0. The van der Waals surface area contributed by atoms with Crippen molar-refractivity contribution in [3.8, 4) is 0 Å². The molecule has 0 spiro atoms. The van der Waals surface area contributed by atoms with E-state index in [0.717, 1.165) is 5.57 Å². The summed E-state index contributed by atoms with van der Waals surface area (Å²) in [5.74, 6) is -0.424. The quantitative estimate of drug-likeness (QED) is 0.537. The minimum atomic E-state index is -1.04. The molecule has 122 valence electrons. The van der Waals surface area contributed by atoms with Crippen LogP contribution in [0.25, 0.3) is 0 Å². The monoisotopic (exact) mass is 307 g/mol. The standard InChI is InChI=1S/C19H27F2N/c1-7-11-16(9-3)17(13-14(5)20)19(22-12-8-2)15(6)18(21)10-4/h7-12,14,22H,6,13H2,1-5H3/b11-7-,12-8+,16-9+,18-10+,19-17+. The first-order chi connectivity index (χ1) is 10.4. The number of alkyl halides is 1. The first-order valence-corrected chi connectivity index (χ1v) is 7.48. The minimum Gasteiger partial charge on any atom is -0.361 e. The second kappa shape index (κ2) is 10.8. The van der Waals surface area contributed by atoms with Crippen LogP contribution in [-0.4, -0.2) is 6.17 Å². The van der Waals surface area contributed by atoms with Gasteiger partial charge in [0.15, 0.2) is 0 Å². The van der Waals surface area contributed by atoms with Gasteiger partial charge in [-0.05, 0) is 52.0 Å². The molecule has 1 atom stereocenters. The van der Waals surface area contributed by atoms with E-state index in [2.05, 4.69) is 11.9 Å². The third-order valence-electron chi connectivity index (χ3n) is 3.03. The van der Waals surface area contributed by atoms with E-state index in [1.54, 1.807) is 19.2 Å². The summed E-state index contributed by atoms with van der Waals surface area (Å²) in [6, 6.07) is 0. The van der Waals surface area contributed by atoms with Crippen LogP contribution in [0.3, 0.4) is 0 Å². The number of hydrogen-bond acceptors (Lipinski definition) is 1. The molecule has 0 saturated carbocycles. The smallest absolute Gasteiger partial charge is 0.127 e. The van der Waals surface area contributed by atoms with Crippen molar-refractivity contribution in [2.75, 3.05) is 0 Å². The zero-order valence-corrected chi connectivity index (χ0v) is 14.2. The minimum absolute atomic E-state index is 0.180. The van der Waals surface area contributed by atoms with Gasteiger partial charge >= 0.3 is 0 Å². The lowest BCUT2D eigenvalue weighted by atomic mass is 9.94. The van der Waals surface area contributed by atoms with E-state index in [4.69, 9.17) is 0 Å². The van der Waals surface area contributed by atoms with Crippen molar-refractivity contribution in [1.82, 2.24) is 5.32 Å². The number of nitrogens with one attached hydrogen (secondary N) is 1. The Morgan fingerprint density at radius 1 is 1.14 bits per heavy atom. The van der Waals surface area contributed by atoms with Crippen molar-refractivity contribution in [2.45, 2.75) is 47.2 Å². The average Bonchev–Trinajstić information content (AvgIpc) is 2.50. The van der Waals surface area contributed by atoms with Crippen LogP contribution in [0.2, 0.25) is 0 Å². The van der Waals surface area contributed by atoms with Gasteiger partial charge < -0.3 is 5.32 Å². The summed E-state index contributed by atoms with van der Waals surface area (Å²) >= 11 is 0. The fourth-order valence-corrected chi connectivity index (χ4v) is 2.01. The lowest BCUT2D eigenvalue weighted by Gasteiger charge is -2.19. The van der Waals surface area contributed by atoms with Crippen molar-refractivity contribution >= 4 is 0 Å². The average molecular weight is 307 g/mol. The topological polar surface area (TPSA) is 12.0 Å². The highest BCUT2D eigenvalue weighted by Crippen LogP contribution is 2.28. The predicted octanol–water partition coefficient (Wildman–Crippen LogP) is 6.06. The molecular weight excluding hydrogens is 280 g/mol. The van der Waals surface area contributed by atoms with Gasteiger partial charge in [-0.15, -0.1) is 0 Å². The number of allylic oxidation sites excluding steroid dienone is 8. The Bertz CT molecular complexity index is 518. The van der Waals surface area contributed by atoms with E-state index in [-0.39, 0.29) is 12.0 Å². The van der Waals surface area contributed by atoms with E-state index in [0.29, 0.717) is 11.3 Å². The summed E-state index contributed by atoms with van der Waals surface area (Å²) in [4.78, 5) is 0. The van der Waals surface area contributed by atoms with Crippen LogP contribution in [0.1, 0.15) is 41.0 Å². The van der Waals surface area contributed by atoms with Crippen molar-refractivity contribution in [2.24, 2.45) is 0 Å². The van der Waals surface area contributed by atoms with Crippen molar-refractivity contribution in [3.63, 3.8) is 0 Å². The normalized spacial score (nSPS) is 16.1. The molecule has 0 aromatic heterocycles. The molecule has 0 fully saturated rings. The molecule has 1 unspecified atom stereocenters. The molecule has 0 aliphatic carbocycles. The van der Waals surface area contributed by atoms with Crippen LogP contribution in [0.4, 0.5) is 8.78 Å². The summed E-state index contributed by atoms with van der Waals surface area (Å²) in [5, 5.41) is 3.04. The van der Waals surface area contributed by atoms with Gasteiger partial charge in [-0.2, -0.15) is 0 Å². The molecule has 0 aromatic carbocycles. The maximum absolute atomic E-state index is 14.0. The Balaban J connectivity index is 6.22. The van der Waals surface area contributed by atoms with Crippen molar-refractivity contribution < 1.29 is 8.78 Å². The van der Waals surface area contributed by atoms with Gasteiger partial charge in [0.2, 0.25) is 0 Å². The van der Waals surface area contributed by atoms with E-state index in [9.17, 15) is 8.78 Å². The molecule has 0 aromatic rings. The Labute approximate surface area is 133 Å². The van der Waals surface area contributed by atoms with E-state index < -0.39 is 12.0 Å². The van der Waals surface area contributed by atoms with Gasteiger partial charge in [0.1, 0.15) is 12.0 Å². The third kappa shape index (κ3) is 6.25. The van der Waals surface area contributed by atoms with Crippen LogP contribution in [0.5, 0.6) is 0 Å². The highest BCUT2D eigenvalue weighted by Gasteiger charge is 2.17. The Morgan fingerprint density at radius 2 is 1.77 bits per heavy atom. The number of halogens is 2. The van der Waals surface area contributed by atoms with Gasteiger partial charge in [-0.3, -0.25) is 0 Å². The molecule has 0 radical (unpaired) electrons. The fraction of sp³-hybridized carbons (Fsp3) is 0.368. The summed E-state index contributed by atoms with van der Waals surface area (Å²) in [6.07, 6.45) is 9.62. The van der Waals surface area contributed by atoms with E-state index in [1.807, 2.05) is 39.0 Å². The molecule has 0 saturated heterocycles. The third-order valence-corrected chi connectivity index (χ3v) is 3.03. The zero-order chi connectivity index (χ0) is 17.1. The second-order valence-electron chi connectivity index (χ2n) is 4.84. The van der Waals surface area contributed by atoms with Gasteiger partial charge in [0, 0.05) is 12.0 Å². The first-order valence-electron chi connectivity index (χ1n) is 7.48. The molecule has 1 nitrogen and oxygen atoms in total. The zero-order valence-electron chi connectivity index (χ0n) is 14.2. The maximum atomic E-state index is 14.0. The molecule has 3 heteroatoms. The highest BCUT2D eigenvalue weighted by molar-refractivity contribution is 5.52. The highest BCUT2D eigenvalue weighted by atomic mass is 19.1. The molecule has 0 rings (SSSR count). The Hall–Kier alpha value is -1.90. The molecule has 0 aliphatic rings. The summed E-state index contributed by atoms with van der Waals surface area (Å²) in [5.41, 5.74) is 2.28. The number of rotatable bonds is 8. The molecule has 0 aliphatic heterocycles. The second-order valence-corrected chi connectivity index (χ2v) is 4.84. The van der Waals surface area contributed by atoms with Crippen LogP contribution in [0, 0.1) is 0 Å². The first kappa shape index (κ1) is 20.1. The van der Waals surface area contributed by atoms with Gasteiger partial charge in [-0.1, -0.05) is 37.0 Å². The van der Waals surface area contributed by atoms with Crippen molar-refractivity contribution in [1.29, 1.82) is 0 Å². The van der Waals surface area contributed by atoms with Crippen LogP contribution >= 0.6 is 0 Å². The Kier molecular flexibility index (Phi) is 9.84. The lowest BCUT2D eigenvalue weighted by Crippen LogP contribution is -2.14. The lowest BCUT2D eigenvalue weighted by molar-refractivity contribution is 0.360. The van der Waals surface area contributed by atoms with E-state index >= 15 is 0 Å². The molecule has 22 heavy (non-hydrogen) atoms. The SMILES string of the molecule is C=C(/C(F)=C\C)\C(N/C=C/C)=C(CC(C)F)/C(/C=C\C)=C/C. The molecule has 0 heterocycles. The summed E-state index contributed by atoms with van der Waals surface area (Å²) in [6.45, 7) is 12.5. The molecular formula is C19H27F2N. The Morgan fingerprint density at radius 3 is 2.18 bits per heavy atom. The van der Waals surface area contributed by atoms with Crippen LogP contribution in [-0.2, 0) is 0 Å². The van der Waals surface area contributed by atoms with Crippen LogP contribution in [0.15, 0.2) is 71.4 Å². The maximum Gasteiger partial charge on any atom is 0.127 e. The van der Waals surface area contributed by atoms with Crippen molar-refractivity contribution in [3.05, 3.63) is 71.4 Å². The molecule has 1 N–H and O–H groups in total. The molecule has 0 bridgehead atoms. The molecule has 0 amide bonds. The van der Waals surface area contributed by atoms with Crippen LogP contribution < -0.4 is 5.32 Å². The largest absolute Gasteiger partial charge is 0.361 e. The van der Waals surface area contributed by atoms with Gasteiger partial charge in [0.05, 0.1) is 5.70 Å². The summed E-state index contributed by atoms with van der Waals surface area (Å²) < 4.78 is 27.6. The predicted molar refractivity (Wildman–Crippen MR) is 92.7 cm³/mol.